The highest BCUT2D eigenvalue weighted by Gasteiger charge is 2.24. The number of rotatable bonds is 6. The van der Waals surface area contributed by atoms with Crippen molar-refractivity contribution in [3.05, 3.63) is 11.8 Å². The van der Waals surface area contributed by atoms with Crippen molar-refractivity contribution in [2.45, 2.75) is 45.6 Å². The van der Waals surface area contributed by atoms with Crippen LogP contribution in [-0.4, -0.2) is 42.8 Å². The minimum Gasteiger partial charge on any atom is -0.481 e. The summed E-state index contributed by atoms with van der Waals surface area (Å²) in [6, 6.07) is 2.36. The lowest BCUT2D eigenvalue weighted by atomic mass is 10.0. The topological polar surface area (TPSA) is 50.3 Å². The van der Waals surface area contributed by atoms with Crippen LogP contribution in [-0.2, 0) is 0 Å². The largest absolute Gasteiger partial charge is 0.481 e. The number of anilines is 1. The molecule has 1 aliphatic heterocycles. The summed E-state index contributed by atoms with van der Waals surface area (Å²) in [6.07, 6.45) is 4.87. The van der Waals surface area contributed by atoms with E-state index in [1.807, 2.05) is 13.0 Å². The number of piperidine rings is 1. The lowest BCUT2D eigenvalue weighted by molar-refractivity contribution is 0.390. The molecule has 1 aromatic heterocycles. The Balaban J connectivity index is 2.12. The van der Waals surface area contributed by atoms with Crippen molar-refractivity contribution in [3.8, 4) is 5.88 Å². The van der Waals surface area contributed by atoms with Gasteiger partial charge in [-0.1, -0.05) is 6.92 Å². The summed E-state index contributed by atoms with van der Waals surface area (Å²) in [4.78, 5) is 11.4. The predicted octanol–water partition coefficient (Wildman–Crippen LogP) is 2.15. The Bertz CT molecular complexity index is 424. The van der Waals surface area contributed by atoms with Gasteiger partial charge in [0.15, 0.2) is 0 Å². The molecule has 1 fully saturated rings. The van der Waals surface area contributed by atoms with Crippen molar-refractivity contribution < 1.29 is 4.74 Å². The van der Waals surface area contributed by atoms with E-state index < -0.39 is 0 Å². The van der Waals surface area contributed by atoms with Gasteiger partial charge in [0.05, 0.1) is 7.11 Å². The number of methoxy groups -OCH3 is 1. The molecular formula is C15H26N4O. The number of ether oxygens (including phenoxy) is 1. The van der Waals surface area contributed by atoms with Gasteiger partial charge in [-0.15, -0.1) is 0 Å². The molecule has 0 spiro atoms. The van der Waals surface area contributed by atoms with E-state index in [0.29, 0.717) is 11.9 Å². The summed E-state index contributed by atoms with van der Waals surface area (Å²) >= 11 is 0. The van der Waals surface area contributed by atoms with Crippen LogP contribution in [0.5, 0.6) is 5.88 Å². The Morgan fingerprint density at radius 1 is 1.40 bits per heavy atom. The second-order valence-corrected chi connectivity index (χ2v) is 5.40. The summed E-state index contributed by atoms with van der Waals surface area (Å²) in [6.45, 7) is 7.29. The Morgan fingerprint density at radius 2 is 2.25 bits per heavy atom. The fourth-order valence-corrected chi connectivity index (χ4v) is 2.68. The number of hydrogen-bond acceptors (Lipinski definition) is 5. The third-order valence-electron chi connectivity index (χ3n) is 3.72. The van der Waals surface area contributed by atoms with Gasteiger partial charge < -0.3 is 15.0 Å². The van der Waals surface area contributed by atoms with Crippen LogP contribution < -0.4 is 15.0 Å². The number of nitrogens with zero attached hydrogens (tertiary/aromatic N) is 3. The molecule has 0 aromatic carbocycles. The summed E-state index contributed by atoms with van der Waals surface area (Å²) < 4.78 is 5.27. The smallest absolute Gasteiger partial charge is 0.229 e. The SMILES string of the molecule is CCCNCC1CCCCN1c1nc(C)cc(OC)n1. The molecular weight excluding hydrogens is 252 g/mol. The van der Waals surface area contributed by atoms with E-state index in [0.717, 1.165) is 31.3 Å². The molecule has 5 nitrogen and oxygen atoms in total. The zero-order valence-corrected chi connectivity index (χ0v) is 12.9. The van der Waals surface area contributed by atoms with Crippen LogP contribution in [0, 0.1) is 6.92 Å². The monoisotopic (exact) mass is 278 g/mol. The van der Waals surface area contributed by atoms with E-state index in [9.17, 15) is 0 Å². The first-order valence-corrected chi connectivity index (χ1v) is 7.61. The van der Waals surface area contributed by atoms with Crippen LogP contribution in [0.1, 0.15) is 38.3 Å². The molecule has 0 bridgehead atoms. The van der Waals surface area contributed by atoms with Gasteiger partial charge in [0.1, 0.15) is 0 Å². The minimum atomic E-state index is 0.488. The molecule has 20 heavy (non-hydrogen) atoms. The van der Waals surface area contributed by atoms with Gasteiger partial charge in [-0.05, 0) is 39.2 Å². The number of aromatic nitrogens is 2. The van der Waals surface area contributed by atoms with Gasteiger partial charge in [-0.2, -0.15) is 4.98 Å². The summed E-state index contributed by atoms with van der Waals surface area (Å²) in [7, 11) is 1.65. The van der Waals surface area contributed by atoms with E-state index in [-0.39, 0.29) is 0 Å². The standard InChI is InChI=1S/C15H26N4O/c1-4-8-16-11-13-7-5-6-9-19(13)15-17-12(2)10-14(18-15)20-3/h10,13,16H,4-9,11H2,1-3H3. The summed E-state index contributed by atoms with van der Waals surface area (Å²) in [5.74, 6) is 1.46. The normalized spacial score (nSPS) is 19.1. The first kappa shape index (κ1) is 15.0. The van der Waals surface area contributed by atoms with Crippen molar-refractivity contribution in [2.75, 3.05) is 31.6 Å². The van der Waals surface area contributed by atoms with Gasteiger partial charge in [-0.3, -0.25) is 0 Å². The number of nitrogens with one attached hydrogen (secondary N) is 1. The zero-order chi connectivity index (χ0) is 14.4. The molecule has 5 heteroatoms. The lowest BCUT2D eigenvalue weighted by Gasteiger charge is -2.36. The molecule has 1 atom stereocenters. The molecule has 1 aromatic rings. The van der Waals surface area contributed by atoms with Crippen molar-refractivity contribution >= 4 is 5.95 Å². The third kappa shape index (κ3) is 3.82. The maximum atomic E-state index is 5.27. The van der Waals surface area contributed by atoms with Crippen molar-refractivity contribution in [1.29, 1.82) is 0 Å². The third-order valence-corrected chi connectivity index (χ3v) is 3.72. The zero-order valence-electron chi connectivity index (χ0n) is 12.9. The second-order valence-electron chi connectivity index (χ2n) is 5.40. The second kappa shape index (κ2) is 7.43. The number of aryl methyl sites for hydroxylation is 1. The van der Waals surface area contributed by atoms with Crippen molar-refractivity contribution in [2.24, 2.45) is 0 Å². The van der Waals surface area contributed by atoms with E-state index in [4.69, 9.17) is 4.74 Å². The van der Waals surface area contributed by atoms with Crippen LogP contribution in [0.15, 0.2) is 6.07 Å². The van der Waals surface area contributed by atoms with Gasteiger partial charge in [0, 0.05) is 30.9 Å². The van der Waals surface area contributed by atoms with Crippen LogP contribution in [0.25, 0.3) is 0 Å². The summed E-state index contributed by atoms with van der Waals surface area (Å²) in [5, 5.41) is 3.52. The van der Waals surface area contributed by atoms with Crippen molar-refractivity contribution in [1.82, 2.24) is 15.3 Å². The van der Waals surface area contributed by atoms with Gasteiger partial charge in [0.2, 0.25) is 11.8 Å². The molecule has 0 saturated carbocycles. The average Bonchev–Trinajstić information content (AvgIpc) is 2.47. The van der Waals surface area contributed by atoms with Gasteiger partial charge >= 0.3 is 0 Å². The predicted molar refractivity (Wildman–Crippen MR) is 81.5 cm³/mol. The van der Waals surface area contributed by atoms with E-state index >= 15 is 0 Å². The van der Waals surface area contributed by atoms with Gasteiger partial charge in [0.25, 0.3) is 0 Å². The minimum absolute atomic E-state index is 0.488. The van der Waals surface area contributed by atoms with Gasteiger partial charge in [-0.25, -0.2) is 4.98 Å². The fourth-order valence-electron chi connectivity index (χ4n) is 2.68. The Morgan fingerprint density at radius 3 is 3.00 bits per heavy atom. The van der Waals surface area contributed by atoms with Crippen LogP contribution >= 0.6 is 0 Å². The maximum absolute atomic E-state index is 5.27. The lowest BCUT2D eigenvalue weighted by Crippen LogP contribution is -2.46. The van der Waals surface area contributed by atoms with E-state index in [2.05, 4.69) is 27.1 Å². The molecule has 1 unspecified atom stereocenters. The fraction of sp³-hybridized carbons (Fsp3) is 0.733. The molecule has 112 valence electrons. The van der Waals surface area contributed by atoms with E-state index in [1.165, 1.54) is 25.7 Å². The molecule has 1 N–H and O–H groups in total. The highest BCUT2D eigenvalue weighted by atomic mass is 16.5. The molecule has 2 rings (SSSR count). The average molecular weight is 278 g/mol. The first-order chi connectivity index (χ1) is 9.74. The van der Waals surface area contributed by atoms with Crippen LogP contribution in [0.4, 0.5) is 5.95 Å². The molecule has 1 aliphatic rings. The Hall–Kier alpha value is -1.36. The molecule has 0 aliphatic carbocycles. The van der Waals surface area contributed by atoms with Crippen molar-refractivity contribution in [3.63, 3.8) is 0 Å². The maximum Gasteiger partial charge on any atom is 0.229 e. The highest BCUT2D eigenvalue weighted by Crippen LogP contribution is 2.23. The van der Waals surface area contributed by atoms with Crippen LogP contribution in [0.2, 0.25) is 0 Å². The molecule has 1 saturated heterocycles. The molecule has 0 amide bonds. The molecule has 0 radical (unpaired) electrons. The first-order valence-electron chi connectivity index (χ1n) is 7.61. The molecule has 2 heterocycles. The quantitative estimate of drug-likeness (QED) is 0.808. The number of hydrogen-bond donors (Lipinski definition) is 1. The summed E-state index contributed by atoms with van der Waals surface area (Å²) in [5.41, 5.74) is 0.956. The van der Waals surface area contributed by atoms with Crippen LogP contribution in [0.3, 0.4) is 0 Å². The Kier molecular flexibility index (Phi) is 5.59. The highest BCUT2D eigenvalue weighted by molar-refractivity contribution is 5.36. The Labute approximate surface area is 121 Å². The van der Waals surface area contributed by atoms with E-state index in [1.54, 1.807) is 7.11 Å².